The molecule has 0 saturated carbocycles. The maximum Gasteiger partial charge on any atom is 0.271 e. The SMILES string of the molecule is C/C(=N\NC(=O)c1ccc(CSc2nnc(C)s2)cc1)c1ccc(Cl)s1. The molecule has 0 aliphatic rings. The van der Waals surface area contributed by atoms with Crippen LogP contribution in [0.4, 0.5) is 0 Å². The summed E-state index contributed by atoms with van der Waals surface area (Å²) in [5.74, 6) is 0.540. The molecule has 134 valence electrons. The van der Waals surface area contributed by atoms with E-state index in [2.05, 4.69) is 20.7 Å². The van der Waals surface area contributed by atoms with Gasteiger partial charge in [0.05, 0.1) is 14.9 Å². The van der Waals surface area contributed by atoms with Crippen molar-refractivity contribution in [2.45, 2.75) is 23.9 Å². The number of nitrogens with one attached hydrogen (secondary N) is 1. The van der Waals surface area contributed by atoms with Crippen LogP contribution in [0.15, 0.2) is 45.8 Å². The van der Waals surface area contributed by atoms with Gasteiger partial charge in [0.1, 0.15) is 5.01 Å². The van der Waals surface area contributed by atoms with Gasteiger partial charge in [0.25, 0.3) is 5.91 Å². The van der Waals surface area contributed by atoms with Gasteiger partial charge in [-0.1, -0.05) is 46.8 Å². The smallest absolute Gasteiger partial charge is 0.267 e. The van der Waals surface area contributed by atoms with Crippen LogP contribution in [0, 0.1) is 6.92 Å². The maximum atomic E-state index is 12.2. The third-order valence-electron chi connectivity index (χ3n) is 3.34. The van der Waals surface area contributed by atoms with E-state index in [1.807, 2.05) is 38.1 Å². The lowest BCUT2D eigenvalue weighted by molar-refractivity contribution is 0.0955. The summed E-state index contributed by atoms with van der Waals surface area (Å²) < 4.78 is 1.64. The van der Waals surface area contributed by atoms with Crippen LogP contribution < -0.4 is 5.43 Å². The van der Waals surface area contributed by atoms with Crippen molar-refractivity contribution in [3.63, 3.8) is 0 Å². The third-order valence-corrected chi connectivity index (χ3v) is 6.72. The Hall–Kier alpha value is -1.74. The van der Waals surface area contributed by atoms with E-state index >= 15 is 0 Å². The van der Waals surface area contributed by atoms with Crippen molar-refractivity contribution in [3.8, 4) is 0 Å². The molecule has 0 fully saturated rings. The van der Waals surface area contributed by atoms with E-state index in [9.17, 15) is 4.79 Å². The summed E-state index contributed by atoms with van der Waals surface area (Å²) in [6.45, 7) is 3.77. The Morgan fingerprint density at radius 3 is 2.58 bits per heavy atom. The number of thiophene rings is 1. The summed E-state index contributed by atoms with van der Waals surface area (Å²) in [7, 11) is 0. The van der Waals surface area contributed by atoms with Crippen LogP contribution in [-0.4, -0.2) is 21.8 Å². The number of amides is 1. The number of hydrogen-bond acceptors (Lipinski definition) is 7. The number of carbonyl (C=O) groups is 1. The lowest BCUT2D eigenvalue weighted by Crippen LogP contribution is -2.19. The average Bonchev–Trinajstić information content (AvgIpc) is 3.26. The Morgan fingerprint density at radius 1 is 1.19 bits per heavy atom. The number of benzene rings is 1. The Kier molecular flexibility index (Phi) is 6.42. The van der Waals surface area contributed by atoms with Crippen LogP contribution >= 0.6 is 46.0 Å². The summed E-state index contributed by atoms with van der Waals surface area (Å²) in [4.78, 5) is 13.1. The summed E-state index contributed by atoms with van der Waals surface area (Å²) in [5, 5.41) is 13.2. The molecule has 3 rings (SSSR count). The fraction of sp³-hybridized carbons (Fsp3) is 0.176. The molecule has 0 aliphatic heterocycles. The molecule has 0 spiro atoms. The number of hydrogen-bond donors (Lipinski definition) is 1. The number of halogens is 1. The van der Waals surface area contributed by atoms with Crippen LogP contribution in [0.25, 0.3) is 0 Å². The van der Waals surface area contributed by atoms with Crippen molar-refractivity contribution in [2.24, 2.45) is 5.10 Å². The predicted octanol–water partition coefficient (Wildman–Crippen LogP) is 5.01. The van der Waals surface area contributed by atoms with Gasteiger partial charge in [-0.25, -0.2) is 5.43 Å². The molecule has 1 aromatic carbocycles. The fourth-order valence-electron chi connectivity index (χ4n) is 2.00. The third kappa shape index (κ3) is 5.14. The van der Waals surface area contributed by atoms with Crippen LogP contribution in [0.1, 0.15) is 32.7 Å². The van der Waals surface area contributed by atoms with Crippen molar-refractivity contribution < 1.29 is 4.79 Å². The highest BCUT2D eigenvalue weighted by atomic mass is 35.5. The van der Waals surface area contributed by atoms with Crippen molar-refractivity contribution in [2.75, 3.05) is 0 Å². The zero-order valence-corrected chi connectivity index (χ0v) is 17.2. The highest BCUT2D eigenvalue weighted by molar-refractivity contribution is 8.00. The van der Waals surface area contributed by atoms with Gasteiger partial charge in [-0.15, -0.1) is 21.5 Å². The second-order valence-corrected chi connectivity index (χ2v) is 9.43. The molecule has 0 aliphatic carbocycles. The largest absolute Gasteiger partial charge is 0.271 e. The van der Waals surface area contributed by atoms with E-state index in [4.69, 9.17) is 11.6 Å². The first-order chi connectivity index (χ1) is 12.5. The van der Waals surface area contributed by atoms with E-state index in [-0.39, 0.29) is 5.91 Å². The molecular weight excluding hydrogens is 408 g/mol. The minimum Gasteiger partial charge on any atom is -0.267 e. The minimum absolute atomic E-state index is 0.244. The van der Waals surface area contributed by atoms with Gasteiger partial charge in [-0.3, -0.25) is 4.79 Å². The Morgan fingerprint density at radius 2 is 1.96 bits per heavy atom. The van der Waals surface area contributed by atoms with Gasteiger partial charge in [0, 0.05) is 11.3 Å². The first kappa shape index (κ1) is 19.0. The van der Waals surface area contributed by atoms with Crippen LogP contribution in [0.3, 0.4) is 0 Å². The number of aryl methyl sites for hydroxylation is 1. The second kappa shape index (κ2) is 8.77. The number of nitrogens with zero attached hydrogens (tertiary/aromatic N) is 3. The van der Waals surface area contributed by atoms with Crippen molar-refractivity contribution in [1.29, 1.82) is 0 Å². The fourth-order valence-corrected chi connectivity index (χ4v) is 4.76. The molecule has 2 aromatic heterocycles. The average molecular weight is 423 g/mol. The molecule has 1 N–H and O–H groups in total. The van der Waals surface area contributed by atoms with E-state index in [0.29, 0.717) is 9.90 Å². The van der Waals surface area contributed by atoms with Crippen molar-refractivity contribution in [3.05, 3.63) is 61.7 Å². The summed E-state index contributed by atoms with van der Waals surface area (Å²) in [6.07, 6.45) is 0. The van der Waals surface area contributed by atoms with Crippen LogP contribution in [0.5, 0.6) is 0 Å². The predicted molar refractivity (Wildman–Crippen MR) is 110 cm³/mol. The van der Waals surface area contributed by atoms with E-state index in [1.165, 1.54) is 11.3 Å². The molecule has 3 aromatic rings. The van der Waals surface area contributed by atoms with E-state index in [1.54, 1.807) is 35.2 Å². The maximum absolute atomic E-state index is 12.2. The number of thioether (sulfide) groups is 1. The first-order valence-electron chi connectivity index (χ1n) is 7.63. The molecule has 9 heteroatoms. The van der Waals surface area contributed by atoms with Crippen LogP contribution in [-0.2, 0) is 5.75 Å². The highest BCUT2D eigenvalue weighted by Crippen LogP contribution is 2.25. The molecule has 5 nitrogen and oxygen atoms in total. The summed E-state index contributed by atoms with van der Waals surface area (Å²) in [5.41, 5.74) is 4.97. The number of aromatic nitrogens is 2. The lowest BCUT2D eigenvalue weighted by Gasteiger charge is -2.03. The van der Waals surface area contributed by atoms with Gasteiger partial charge in [0.15, 0.2) is 4.34 Å². The standard InChI is InChI=1S/C17H15ClN4OS3/c1-10(14-7-8-15(18)26-14)19-21-16(23)13-5-3-12(4-6-13)9-24-17-22-20-11(2)25-17/h3-8H,9H2,1-2H3,(H,21,23)/b19-10+. The number of rotatable bonds is 6. The first-order valence-corrected chi connectivity index (χ1v) is 10.6. The monoisotopic (exact) mass is 422 g/mol. The molecule has 0 radical (unpaired) electrons. The van der Waals surface area contributed by atoms with Crippen molar-refractivity contribution in [1.82, 2.24) is 15.6 Å². The van der Waals surface area contributed by atoms with E-state index < -0.39 is 0 Å². The highest BCUT2D eigenvalue weighted by Gasteiger charge is 2.07. The molecular formula is C17H15ClN4OS3. The Balaban J connectivity index is 1.56. The Labute approximate surface area is 168 Å². The van der Waals surface area contributed by atoms with Crippen molar-refractivity contribution >= 4 is 57.7 Å². The molecule has 26 heavy (non-hydrogen) atoms. The molecule has 0 unspecified atom stereocenters. The zero-order valence-electron chi connectivity index (χ0n) is 14.0. The minimum atomic E-state index is -0.244. The molecule has 1 amide bonds. The van der Waals surface area contributed by atoms with Crippen LogP contribution in [0.2, 0.25) is 4.34 Å². The molecule has 0 bridgehead atoms. The molecule has 2 heterocycles. The zero-order chi connectivity index (χ0) is 18.5. The summed E-state index contributed by atoms with van der Waals surface area (Å²) >= 11 is 10.5. The lowest BCUT2D eigenvalue weighted by atomic mass is 10.1. The van der Waals surface area contributed by atoms with Gasteiger partial charge < -0.3 is 0 Å². The molecule has 0 atom stereocenters. The van der Waals surface area contributed by atoms with Gasteiger partial charge >= 0.3 is 0 Å². The van der Waals surface area contributed by atoms with Gasteiger partial charge in [-0.2, -0.15) is 5.10 Å². The Bertz CT molecular complexity index is 934. The number of carbonyl (C=O) groups excluding carboxylic acids is 1. The number of hydrazone groups is 1. The van der Waals surface area contributed by atoms with Gasteiger partial charge in [-0.05, 0) is 43.7 Å². The topological polar surface area (TPSA) is 67.2 Å². The summed E-state index contributed by atoms with van der Waals surface area (Å²) in [6, 6.07) is 11.1. The second-order valence-electron chi connectivity index (χ2n) is 5.31. The molecule has 0 saturated heterocycles. The van der Waals surface area contributed by atoms with Gasteiger partial charge in [0.2, 0.25) is 0 Å². The quantitative estimate of drug-likeness (QED) is 0.344. The normalized spacial score (nSPS) is 11.6. The van der Waals surface area contributed by atoms with E-state index in [0.717, 1.165) is 31.3 Å².